The van der Waals surface area contributed by atoms with E-state index in [1.807, 2.05) is 68.4 Å². The first-order valence-electron chi connectivity index (χ1n) is 8.66. The fourth-order valence-electron chi connectivity index (χ4n) is 2.80. The molecule has 0 bridgehead atoms. The van der Waals surface area contributed by atoms with Crippen molar-refractivity contribution < 1.29 is 14.6 Å². The van der Waals surface area contributed by atoms with Crippen molar-refractivity contribution in [2.75, 3.05) is 7.11 Å². The maximum atomic E-state index is 12.4. The van der Waals surface area contributed by atoms with Gasteiger partial charge in [0.05, 0.1) is 13.2 Å². The van der Waals surface area contributed by atoms with Crippen LogP contribution >= 0.6 is 0 Å². The van der Waals surface area contributed by atoms with Gasteiger partial charge in [0.25, 0.3) is 0 Å². The minimum Gasteiger partial charge on any atom is -0.497 e. The van der Waals surface area contributed by atoms with E-state index in [1.165, 1.54) is 0 Å². The number of aliphatic hydroxyl groups is 1. The van der Waals surface area contributed by atoms with Crippen LogP contribution in [0.4, 0.5) is 0 Å². The van der Waals surface area contributed by atoms with Gasteiger partial charge < -0.3 is 15.2 Å². The molecule has 0 fully saturated rings. The lowest BCUT2D eigenvalue weighted by Crippen LogP contribution is -2.37. The summed E-state index contributed by atoms with van der Waals surface area (Å²) in [5.41, 5.74) is 1.97. The molecule has 25 heavy (non-hydrogen) atoms. The molecule has 0 radical (unpaired) electrons. The lowest BCUT2D eigenvalue weighted by molar-refractivity contribution is -0.125. The number of methoxy groups -OCH3 is 1. The molecule has 2 aromatic rings. The molecule has 0 aromatic heterocycles. The summed E-state index contributed by atoms with van der Waals surface area (Å²) < 4.78 is 5.14. The summed E-state index contributed by atoms with van der Waals surface area (Å²) in [6, 6.07) is 17.2. The number of hydrogen-bond acceptors (Lipinski definition) is 3. The molecular formula is C21H27NO3. The molecule has 134 valence electrons. The highest BCUT2D eigenvalue weighted by atomic mass is 16.5. The van der Waals surface area contributed by atoms with Crippen LogP contribution in [0.1, 0.15) is 37.5 Å². The van der Waals surface area contributed by atoms with E-state index >= 15 is 0 Å². The molecule has 2 N–H and O–H groups in total. The van der Waals surface area contributed by atoms with Crippen LogP contribution in [0.2, 0.25) is 0 Å². The quantitative estimate of drug-likeness (QED) is 0.772. The van der Waals surface area contributed by atoms with Gasteiger partial charge >= 0.3 is 0 Å². The van der Waals surface area contributed by atoms with Gasteiger partial charge in [-0.2, -0.15) is 0 Å². The second kappa shape index (κ2) is 9.23. The molecule has 3 unspecified atom stereocenters. The summed E-state index contributed by atoms with van der Waals surface area (Å²) in [5, 5.41) is 13.3. The molecule has 0 spiro atoms. The molecule has 2 rings (SSSR count). The maximum Gasteiger partial charge on any atom is 0.223 e. The van der Waals surface area contributed by atoms with Crippen molar-refractivity contribution in [1.29, 1.82) is 0 Å². The molecule has 4 nitrogen and oxygen atoms in total. The lowest BCUT2D eigenvalue weighted by Gasteiger charge is -2.20. The molecule has 0 aliphatic rings. The van der Waals surface area contributed by atoms with Gasteiger partial charge in [-0.25, -0.2) is 0 Å². The number of hydrogen-bond donors (Lipinski definition) is 2. The molecular weight excluding hydrogens is 314 g/mol. The largest absolute Gasteiger partial charge is 0.497 e. The summed E-state index contributed by atoms with van der Waals surface area (Å²) >= 11 is 0. The molecule has 1 amide bonds. The molecule has 0 aliphatic heterocycles. The van der Waals surface area contributed by atoms with Crippen molar-refractivity contribution in [3.05, 3.63) is 65.7 Å². The highest BCUT2D eigenvalue weighted by molar-refractivity contribution is 5.78. The van der Waals surface area contributed by atoms with Crippen LogP contribution in [0.5, 0.6) is 5.75 Å². The molecule has 0 saturated carbocycles. The van der Waals surface area contributed by atoms with E-state index in [2.05, 4.69) is 5.32 Å². The van der Waals surface area contributed by atoms with Gasteiger partial charge in [0.1, 0.15) is 5.75 Å². The van der Waals surface area contributed by atoms with Crippen LogP contribution in [-0.2, 0) is 11.2 Å². The number of rotatable bonds is 8. The Hall–Kier alpha value is -2.33. The van der Waals surface area contributed by atoms with Crippen LogP contribution < -0.4 is 10.1 Å². The van der Waals surface area contributed by atoms with Gasteiger partial charge in [-0.3, -0.25) is 4.79 Å². The Bertz CT molecular complexity index is 655. The zero-order valence-corrected chi connectivity index (χ0v) is 15.1. The van der Waals surface area contributed by atoms with E-state index in [0.717, 1.165) is 16.9 Å². The predicted molar refractivity (Wildman–Crippen MR) is 99.5 cm³/mol. The average molecular weight is 341 g/mol. The topological polar surface area (TPSA) is 58.6 Å². The van der Waals surface area contributed by atoms with Crippen LogP contribution in [-0.4, -0.2) is 24.2 Å². The Labute approximate surface area is 149 Å². The third kappa shape index (κ3) is 5.91. The number of nitrogens with one attached hydrogen (secondary N) is 1. The van der Waals surface area contributed by atoms with Crippen LogP contribution in [0, 0.1) is 5.92 Å². The van der Waals surface area contributed by atoms with Gasteiger partial charge in [0, 0.05) is 12.0 Å². The first-order valence-corrected chi connectivity index (χ1v) is 8.66. The van der Waals surface area contributed by atoms with Gasteiger partial charge in [-0.15, -0.1) is 0 Å². The molecule has 3 atom stereocenters. The van der Waals surface area contributed by atoms with Gasteiger partial charge in [0.2, 0.25) is 5.91 Å². The molecule has 2 aromatic carbocycles. The van der Waals surface area contributed by atoms with Crippen molar-refractivity contribution in [1.82, 2.24) is 5.32 Å². The minimum absolute atomic E-state index is 0.00331. The predicted octanol–water partition coefficient (Wildman–Crippen LogP) is 3.50. The first-order chi connectivity index (χ1) is 12.0. The van der Waals surface area contributed by atoms with Crippen LogP contribution in [0.15, 0.2) is 54.6 Å². The summed E-state index contributed by atoms with van der Waals surface area (Å²) in [4.78, 5) is 12.4. The second-order valence-corrected chi connectivity index (χ2v) is 6.53. The number of benzene rings is 2. The SMILES string of the molecule is COc1ccc(CC(C)C(=O)NC(C)CC(O)c2ccccc2)cc1. The minimum atomic E-state index is -0.576. The third-order valence-electron chi connectivity index (χ3n) is 4.30. The van der Waals surface area contributed by atoms with Gasteiger partial charge in [-0.05, 0) is 43.0 Å². The summed E-state index contributed by atoms with van der Waals surface area (Å²) in [7, 11) is 1.64. The third-order valence-corrected chi connectivity index (χ3v) is 4.30. The summed E-state index contributed by atoms with van der Waals surface area (Å²) in [6.45, 7) is 3.84. The van der Waals surface area contributed by atoms with E-state index in [-0.39, 0.29) is 17.9 Å². The fraction of sp³-hybridized carbons (Fsp3) is 0.381. The Morgan fingerprint density at radius 2 is 1.72 bits per heavy atom. The molecule has 0 aliphatic carbocycles. The van der Waals surface area contributed by atoms with E-state index < -0.39 is 6.10 Å². The summed E-state index contributed by atoms with van der Waals surface area (Å²) in [6.07, 6.45) is 0.586. The van der Waals surface area contributed by atoms with Crippen LogP contribution in [0.3, 0.4) is 0 Å². The second-order valence-electron chi connectivity index (χ2n) is 6.53. The number of amides is 1. The number of ether oxygens (including phenoxy) is 1. The number of carbonyl (C=O) groups excluding carboxylic acids is 1. The molecule has 0 saturated heterocycles. The average Bonchev–Trinajstić information content (AvgIpc) is 2.62. The van der Waals surface area contributed by atoms with Gasteiger partial charge in [-0.1, -0.05) is 49.4 Å². The van der Waals surface area contributed by atoms with E-state index in [4.69, 9.17) is 4.74 Å². The normalized spacial score (nSPS) is 14.4. The van der Waals surface area contributed by atoms with Crippen molar-refractivity contribution in [2.24, 2.45) is 5.92 Å². The van der Waals surface area contributed by atoms with Crippen LogP contribution in [0.25, 0.3) is 0 Å². The highest BCUT2D eigenvalue weighted by Gasteiger charge is 2.18. The van der Waals surface area contributed by atoms with E-state index in [9.17, 15) is 9.90 Å². The Morgan fingerprint density at radius 3 is 2.32 bits per heavy atom. The first kappa shape index (κ1) is 19.0. The highest BCUT2D eigenvalue weighted by Crippen LogP contribution is 2.18. The number of carbonyl (C=O) groups is 1. The van der Waals surface area contributed by atoms with E-state index in [0.29, 0.717) is 12.8 Å². The van der Waals surface area contributed by atoms with Gasteiger partial charge in [0.15, 0.2) is 0 Å². The lowest BCUT2D eigenvalue weighted by atomic mass is 9.99. The number of aliphatic hydroxyl groups excluding tert-OH is 1. The molecule has 4 heteroatoms. The Balaban J connectivity index is 1.83. The zero-order chi connectivity index (χ0) is 18.2. The van der Waals surface area contributed by atoms with Crippen molar-refractivity contribution in [3.8, 4) is 5.75 Å². The smallest absolute Gasteiger partial charge is 0.223 e. The standard InChI is InChI=1S/C21H27NO3/c1-15(13-17-9-11-19(25-3)12-10-17)21(24)22-16(2)14-20(23)18-7-5-4-6-8-18/h4-12,15-16,20,23H,13-14H2,1-3H3,(H,22,24). The van der Waals surface area contributed by atoms with Crippen molar-refractivity contribution in [2.45, 2.75) is 38.8 Å². The monoisotopic (exact) mass is 341 g/mol. The van der Waals surface area contributed by atoms with E-state index in [1.54, 1.807) is 7.11 Å². The summed E-state index contributed by atoms with van der Waals surface area (Å²) in [5.74, 6) is 0.678. The zero-order valence-electron chi connectivity index (χ0n) is 15.1. The van der Waals surface area contributed by atoms with Crippen molar-refractivity contribution >= 4 is 5.91 Å². The Kier molecular flexibility index (Phi) is 7.02. The molecule has 0 heterocycles. The Morgan fingerprint density at radius 1 is 1.08 bits per heavy atom. The maximum absolute atomic E-state index is 12.4. The fourth-order valence-corrected chi connectivity index (χ4v) is 2.80. The van der Waals surface area contributed by atoms with Crippen molar-refractivity contribution in [3.63, 3.8) is 0 Å².